The number of fused-ring (bicyclic) bond motifs is 1. The molecule has 2 aromatic rings. The zero-order valence-electron chi connectivity index (χ0n) is 12.2. The molecule has 0 atom stereocenters. The van der Waals surface area contributed by atoms with Crippen LogP contribution in [0.15, 0.2) is 24.3 Å². The van der Waals surface area contributed by atoms with E-state index < -0.39 is 0 Å². The summed E-state index contributed by atoms with van der Waals surface area (Å²) in [5.41, 5.74) is 6.17. The third kappa shape index (κ3) is 2.74. The quantitative estimate of drug-likeness (QED) is 0.937. The van der Waals surface area contributed by atoms with Gasteiger partial charge in [-0.2, -0.15) is 5.26 Å². The molecule has 21 heavy (non-hydrogen) atoms. The summed E-state index contributed by atoms with van der Waals surface area (Å²) in [6, 6.07) is 10.5. The average Bonchev–Trinajstić information content (AvgIpc) is 2.92. The molecule has 0 aliphatic carbocycles. The van der Waals surface area contributed by atoms with Crippen LogP contribution in [0.2, 0.25) is 0 Å². The van der Waals surface area contributed by atoms with E-state index in [1.54, 1.807) is 0 Å². The lowest BCUT2D eigenvalue weighted by molar-refractivity contribution is 0.134. The van der Waals surface area contributed by atoms with Gasteiger partial charge in [0.15, 0.2) is 0 Å². The number of aromatic nitrogens is 1. The predicted molar refractivity (Wildman–Crippen MR) is 80.7 cm³/mol. The van der Waals surface area contributed by atoms with Crippen molar-refractivity contribution in [3.8, 4) is 6.07 Å². The molecule has 0 amide bonds. The molecule has 0 spiro atoms. The zero-order chi connectivity index (χ0) is 14.8. The van der Waals surface area contributed by atoms with Crippen LogP contribution in [-0.2, 0) is 24.5 Å². The maximum absolute atomic E-state index is 9.27. The Morgan fingerprint density at radius 3 is 2.86 bits per heavy atom. The van der Waals surface area contributed by atoms with Gasteiger partial charge in [-0.25, -0.2) is 4.98 Å². The number of aryl methyl sites for hydroxylation is 2. The Labute approximate surface area is 124 Å². The van der Waals surface area contributed by atoms with E-state index in [4.69, 9.17) is 4.74 Å². The van der Waals surface area contributed by atoms with E-state index in [0.717, 1.165) is 11.3 Å². The topological polar surface area (TPSA) is 57.9 Å². The lowest BCUT2D eigenvalue weighted by atomic mass is 10.1. The second-order valence-corrected chi connectivity index (χ2v) is 5.37. The fraction of sp³-hybridized carbons (Fsp3) is 0.294. The molecule has 1 N–H and O–H groups in total. The van der Waals surface area contributed by atoms with E-state index in [2.05, 4.69) is 34.6 Å². The van der Waals surface area contributed by atoms with Crippen LogP contribution >= 0.6 is 0 Å². The molecule has 1 aromatic heterocycles. The molecule has 1 aliphatic heterocycles. The Bertz CT molecular complexity index is 732. The first-order valence-corrected chi connectivity index (χ1v) is 6.98. The van der Waals surface area contributed by atoms with Crippen molar-refractivity contribution < 1.29 is 4.74 Å². The van der Waals surface area contributed by atoms with Crippen LogP contribution in [0.4, 0.5) is 5.82 Å². The van der Waals surface area contributed by atoms with Gasteiger partial charge in [0.25, 0.3) is 0 Å². The van der Waals surface area contributed by atoms with Crippen molar-refractivity contribution in [1.29, 1.82) is 5.26 Å². The second kappa shape index (κ2) is 5.55. The molecule has 0 unspecified atom stereocenters. The predicted octanol–water partition coefficient (Wildman–Crippen LogP) is 3.21. The molecule has 0 fully saturated rings. The SMILES string of the molecule is Cc1cc(C)c(C#N)c(NCc2ccc3c(c2)COC3)n1. The van der Waals surface area contributed by atoms with Crippen LogP contribution in [-0.4, -0.2) is 4.98 Å². The number of benzene rings is 1. The fourth-order valence-corrected chi connectivity index (χ4v) is 2.63. The fourth-order valence-electron chi connectivity index (χ4n) is 2.63. The summed E-state index contributed by atoms with van der Waals surface area (Å²) in [6.07, 6.45) is 0. The maximum atomic E-state index is 9.27. The number of rotatable bonds is 3. The van der Waals surface area contributed by atoms with Crippen molar-refractivity contribution in [3.05, 3.63) is 57.8 Å². The van der Waals surface area contributed by atoms with E-state index in [1.807, 2.05) is 19.9 Å². The molecule has 0 saturated heterocycles. The number of anilines is 1. The molecular formula is C17H17N3O. The molecule has 106 valence electrons. The molecule has 1 aromatic carbocycles. The number of nitrogens with zero attached hydrogens (tertiary/aromatic N) is 2. The minimum Gasteiger partial charge on any atom is -0.372 e. The van der Waals surface area contributed by atoms with Gasteiger partial charge in [-0.3, -0.25) is 0 Å². The lowest BCUT2D eigenvalue weighted by Crippen LogP contribution is -2.06. The first-order valence-electron chi connectivity index (χ1n) is 6.98. The molecule has 4 nitrogen and oxygen atoms in total. The van der Waals surface area contributed by atoms with E-state index in [-0.39, 0.29) is 0 Å². The van der Waals surface area contributed by atoms with E-state index >= 15 is 0 Å². The van der Waals surface area contributed by atoms with E-state index in [9.17, 15) is 5.26 Å². The van der Waals surface area contributed by atoms with Gasteiger partial charge in [-0.1, -0.05) is 18.2 Å². The minimum atomic E-state index is 0.616. The van der Waals surface area contributed by atoms with E-state index in [1.165, 1.54) is 16.7 Å². The summed E-state index contributed by atoms with van der Waals surface area (Å²) >= 11 is 0. The van der Waals surface area contributed by atoms with Gasteiger partial charge >= 0.3 is 0 Å². The molecule has 3 rings (SSSR count). The molecule has 2 heterocycles. The highest BCUT2D eigenvalue weighted by molar-refractivity contribution is 5.56. The smallest absolute Gasteiger partial charge is 0.144 e. The summed E-state index contributed by atoms with van der Waals surface area (Å²) in [5.74, 6) is 0.659. The normalized spacial score (nSPS) is 12.8. The molecule has 0 radical (unpaired) electrons. The largest absolute Gasteiger partial charge is 0.372 e. The van der Waals surface area contributed by atoms with Gasteiger partial charge < -0.3 is 10.1 Å². The number of hydrogen-bond acceptors (Lipinski definition) is 4. The van der Waals surface area contributed by atoms with Crippen molar-refractivity contribution in [2.75, 3.05) is 5.32 Å². The second-order valence-electron chi connectivity index (χ2n) is 5.37. The highest BCUT2D eigenvalue weighted by Crippen LogP contribution is 2.22. The van der Waals surface area contributed by atoms with Crippen LogP contribution < -0.4 is 5.32 Å². The summed E-state index contributed by atoms with van der Waals surface area (Å²) in [6.45, 7) is 5.92. The summed E-state index contributed by atoms with van der Waals surface area (Å²) < 4.78 is 5.42. The van der Waals surface area contributed by atoms with Gasteiger partial charge in [0, 0.05) is 12.2 Å². The summed E-state index contributed by atoms with van der Waals surface area (Å²) in [5, 5.41) is 12.5. The van der Waals surface area contributed by atoms with Crippen LogP contribution in [0.25, 0.3) is 0 Å². The minimum absolute atomic E-state index is 0.616. The third-order valence-corrected chi connectivity index (χ3v) is 3.70. The Morgan fingerprint density at radius 1 is 1.24 bits per heavy atom. The zero-order valence-corrected chi connectivity index (χ0v) is 12.2. The molecule has 1 aliphatic rings. The first-order chi connectivity index (χ1) is 10.2. The monoisotopic (exact) mass is 279 g/mol. The third-order valence-electron chi connectivity index (χ3n) is 3.70. The van der Waals surface area contributed by atoms with Crippen LogP contribution in [0.5, 0.6) is 0 Å². The van der Waals surface area contributed by atoms with Gasteiger partial charge in [0.1, 0.15) is 11.9 Å². The highest BCUT2D eigenvalue weighted by Gasteiger charge is 2.12. The van der Waals surface area contributed by atoms with Crippen molar-refractivity contribution in [2.24, 2.45) is 0 Å². The Morgan fingerprint density at radius 2 is 2.05 bits per heavy atom. The number of pyridine rings is 1. The Hall–Kier alpha value is -2.38. The van der Waals surface area contributed by atoms with Crippen molar-refractivity contribution in [2.45, 2.75) is 33.6 Å². The lowest BCUT2D eigenvalue weighted by Gasteiger charge is -2.11. The van der Waals surface area contributed by atoms with Crippen molar-refractivity contribution in [1.82, 2.24) is 4.98 Å². The number of nitrogens with one attached hydrogen (secondary N) is 1. The number of ether oxygens (including phenoxy) is 1. The Balaban J connectivity index is 1.81. The maximum Gasteiger partial charge on any atom is 0.144 e. The first kappa shape index (κ1) is 13.6. The van der Waals surface area contributed by atoms with Crippen molar-refractivity contribution in [3.63, 3.8) is 0 Å². The Kier molecular flexibility index (Phi) is 3.59. The highest BCUT2D eigenvalue weighted by atomic mass is 16.5. The average molecular weight is 279 g/mol. The number of hydrogen-bond donors (Lipinski definition) is 1. The van der Waals surface area contributed by atoms with Crippen LogP contribution in [0.3, 0.4) is 0 Å². The van der Waals surface area contributed by atoms with Gasteiger partial charge in [0.2, 0.25) is 0 Å². The number of nitriles is 1. The van der Waals surface area contributed by atoms with Gasteiger partial charge in [0.05, 0.1) is 18.8 Å². The molecule has 0 saturated carbocycles. The van der Waals surface area contributed by atoms with Crippen molar-refractivity contribution >= 4 is 5.82 Å². The van der Waals surface area contributed by atoms with E-state index in [0.29, 0.717) is 31.1 Å². The van der Waals surface area contributed by atoms with Crippen LogP contribution in [0.1, 0.15) is 33.5 Å². The summed E-state index contributed by atoms with van der Waals surface area (Å²) in [7, 11) is 0. The van der Waals surface area contributed by atoms with Gasteiger partial charge in [-0.15, -0.1) is 0 Å². The summed E-state index contributed by atoms with van der Waals surface area (Å²) in [4.78, 5) is 4.43. The standard InChI is InChI=1S/C17H17N3O/c1-11-5-12(2)20-17(16(11)7-18)19-8-13-3-4-14-9-21-10-15(14)6-13/h3-6H,8-10H2,1-2H3,(H,19,20). The molecular weight excluding hydrogens is 262 g/mol. The van der Waals surface area contributed by atoms with Gasteiger partial charge in [-0.05, 0) is 42.2 Å². The van der Waals surface area contributed by atoms with Crippen LogP contribution in [0, 0.1) is 25.2 Å². The molecule has 4 heteroatoms. The molecule has 0 bridgehead atoms.